The van der Waals surface area contributed by atoms with Gasteiger partial charge in [-0.05, 0) is 36.4 Å². The van der Waals surface area contributed by atoms with Crippen molar-refractivity contribution in [3.8, 4) is 5.69 Å². The summed E-state index contributed by atoms with van der Waals surface area (Å²) in [5, 5.41) is 11.8. The van der Waals surface area contributed by atoms with Crippen molar-refractivity contribution in [3.63, 3.8) is 0 Å². The lowest BCUT2D eigenvalue weighted by atomic mass is 10.2. The highest BCUT2D eigenvalue weighted by Crippen LogP contribution is 2.23. The van der Waals surface area contributed by atoms with Crippen LogP contribution < -0.4 is 4.90 Å². The van der Waals surface area contributed by atoms with Gasteiger partial charge in [-0.2, -0.15) is 17.9 Å². The van der Waals surface area contributed by atoms with Crippen LogP contribution >= 0.6 is 0 Å². The smallest absolute Gasteiger partial charge is 0.337 e. The molecular weight excluding hydrogens is 321 g/mol. The Bertz CT molecular complexity index is 681. The minimum atomic E-state index is -4.18. The van der Waals surface area contributed by atoms with Crippen molar-refractivity contribution in [1.82, 2.24) is 25.1 Å². The molecule has 24 heavy (non-hydrogen) atoms. The van der Waals surface area contributed by atoms with Gasteiger partial charge in [0.1, 0.15) is 0 Å². The molecule has 1 fully saturated rings. The fraction of sp³-hybridized carbons (Fsp3) is 0.533. The normalized spacial score (nSPS) is 19.7. The van der Waals surface area contributed by atoms with Gasteiger partial charge in [-0.25, -0.2) is 0 Å². The van der Waals surface area contributed by atoms with Gasteiger partial charge in [0.15, 0.2) is 0 Å². The Hall–Kier alpha value is -2.16. The number of benzene rings is 1. The third-order valence-corrected chi connectivity index (χ3v) is 4.16. The van der Waals surface area contributed by atoms with Crippen LogP contribution in [0.25, 0.3) is 5.69 Å². The number of aromatic nitrogens is 4. The summed E-state index contributed by atoms with van der Waals surface area (Å²) in [7, 11) is 0. The van der Waals surface area contributed by atoms with Crippen molar-refractivity contribution < 1.29 is 13.2 Å². The SMILES string of the molecule is Cc1ccc(-n2nnnc2N2CCN(CC(F)(F)F)C(C)C2)cc1. The predicted molar refractivity (Wildman–Crippen MR) is 83.2 cm³/mol. The second-order valence-corrected chi connectivity index (χ2v) is 6.11. The number of hydrogen-bond donors (Lipinski definition) is 0. The van der Waals surface area contributed by atoms with Crippen LogP contribution in [0.3, 0.4) is 0 Å². The lowest BCUT2D eigenvalue weighted by Gasteiger charge is -2.40. The van der Waals surface area contributed by atoms with Crippen LogP contribution in [0.1, 0.15) is 12.5 Å². The summed E-state index contributed by atoms with van der Waals surface area (Å²) in [6.45, 7) is 4.12. The van der Waals surface area contributed by atoms with E-state index in [2.05, 4.69) is 15.5 Å². The highest BCUT2D eigenvalue weighted by molar-refractivity contribution is 5.42. The molecule has 0 amide bonds. The van der Waals surface area contributed by atoms with Crippen molar-refractivity contribution >= 4 is 5.95 Å². The van der Waals surface area contributed by atoms with E-state index in [-0.39, 0.29) is 6.04 Å². The Kier molecular flexibility index (Phi) is 4.44. The van der Waals surface area contributed by atoms with Gasteiger partial charge in [-0.15, -0.1) is 0 Å². The van der Waals surface area contributed by atoms with Crippen LogP contribution in [0.4, 0.5) is 19.1 Å². The maximum atomic E-state index is 12.6. The maximum absolute atomic E-state index is 12.6. The Morgan fingerprint density at radius 2 is 1.88 bits per heavy atom. The Morgan fingerprint density at radius 3 is 2.50 bits per heavy atom. The fourth-order valence-electron chi connectivity index (χ4n) is 2.87. The molecule has 1 unspecified atom stereocenters. The van der Waals surface area contributed by atoms with Gasteiger partial charge in [0, 0.05) is 25.7 Å². The van der Waals surface area contributed by atoms with E-state index in [0.29, 0.717) is 25.6 Å². The van der Waals surface area contributed by atoms with Crippen molar-refractivity contribution in [2.45, 2.75) is 26.1 Å². The van der Waals surface area contributed by atoms with Crippen LogP contribution in [0.5, 0.6) is 0 Å². The molecule has 0 radical (unpaired) electrons. The molecule has 1 atom stereocenters. The topological polar surface area (TPSA) is 50.1 Å². The summed E-state index contributed by atoms with van der Waals surface area (Å²) in [4.78, 5) is 3.37. The fourth-order valence-corrected chi connectivity index (χ4v) is 2.87. The van der Waals surface area contributed by atoms with E-state index >= 15 is 0 Å². The number of rotatable bonds is 3. The molecule has 6 nitrogen and oxygen atoms in total. The van der Waals surface area contributed by atoms with E-state index in [1.54, 1.807) is 11.6 Å². The Morgan fingerprint density at radius 1 is 1.17 bits per heavy atom. The molecule has 0 spiro atoms. The molecule has 1 saturated heterocycles. The first-order chi connectivity index (χ1) is 11.3. The first-order valence-corrected chi connectivity index (χ1v) is 7.75. The van der Waals surface area contributed by atoms with Crippen LogP contribution in [0, 0.1) is 6.92 Å². The van der Waals surface area contributed by atoms with Crippen LogP contribution in [0.2, 0.25) is 0 Å². The lowest BCUT2D eigenvalue weighted by Crippen LogP contribution is -2.54. The molecule has 0 aliphatic carbocycles. The van der Waals surface area contributed by atoms with Gasteiger partial charge in [0.05, 0.1) is 12.2 Å². The Labute approximate surface area is 137 Å². The zero-order chi connectivity index (χ0) is 17.3. The lowest BCUT2D eigenvalue weighted by molar-refractivity contribution is -0.150. The van der Waals surface area contributed by atoms with Crippen molar-refractivity contribution in [1.29, 1.82) is 0 Å². The molecular formula is C15H19F3N6. The molecule has 1 aromatic carbocycles. The predicted octanol–water partition coefficient (Wildman–Crippen LogP) is 2.04. The molecule has 0 N–H and O–H groups in total. The van der Waals surface area contributed by atoms with Crippen molar-refractivity contribution in [3.05, 3.63) is 29.8 Å². The standard InChI is InChI=1S/C15H19F3N6/c1-11-3-5-13(6-4-11)24-14(19-20-21-24)22-7-8-23(12(2)9-22)10-15(16,17)18/h3-6,12H,7-10H2,1-2H3. The first kappa shape index (κ1) is 16.7. The van der Waals surface area contributed by atoms with Gasteiger partial charge >= 0.3 is 6.18 Å². The van der Waals surface area contributed by atoms with E-state index in [0.717, 1.165) is 11.3 Å². The van der Waals surface area contributed by atoms with Gasteiger partial charge in [0.2, 0.25) is 5.95 Å². The summed E-state index contributed by atoms with van der Waals surface area (Å²) in [5.74, 6) is 0.553. The van der Waals surface area contributed by atoms with Crippen molar-refractivity contribution in [2.24, 2.45) is 0 Å². The van der Waals surface area contributed by atoms with E-state index in [9.17, 15) is 13.2 Å². The minimum Gasteiger partial charge on any atom is -0.337 e. The van der Waals surface area contributed by atoms with Gasteiger partial charge in [-0.3, -0.25) is 4.90 Å². The maximum Gasteiger partial charge on any atom is 0.401 e. The number of aryl methyl sites for hydroxylation is 1. The summed E-state index contributed by atoms with van der Waals surface area (Å²) in [6.07, 6.45) is -4.18. The molecule has 2 heterocycles. The largest absolute Gasteiger partial charge is 0.401 e. The monoisotopic (exact) mass is 340 g/mol. The second-order valence-electron chi connectivity index (χ2n) is 6.11. The number of halogens is 3. The first-order valence-electron chi connectivity index (χ1n) is 7.75. The zero-order valence-corrected chi connectivity index (χ0v) is 13.5. The molecule has 3 rings (SSSR count). The number of alkyl halides is 3. The van der Waals surface area contributed by atoms with Crippen LogP contribution in [-0.2, 0) is 0 Å². The summed E-state index contributed by atoms with van der Waals surface area (Å²) in [6, 6.07) is 7.52. The number of hydrogen-bond acceptors (Lipinski definition) is 5. The third kappa shape index (κ3) is 3.66. The molecule has 2 aromatic rings. The average Bonchev–Trinajstić information content (AvgIpc) is 2.98. The molecule has 130 valence electrons. The minimum absolute atomic E-state index is 0.233. The highest BCUT2D eigenvalue weighted by atomic mass is 19.4. The molecule has 1 aliphatic rings. The van der Waals surface area contributed by atoms with Crippen molar-refractivity contribution in [2.75, 3.05) is 31.1 Å². The Balaban J connectivity index is 1.75. The van der Waals surface area contributed by atoms with E-state index in [4.69, 9.17) is 0 Å². The van der Waals surface area contributed by atoms with E-state index in [1.165, 1.54) is 4.90 Å². The zero-order valence-electron chi connectivity index (χ0n) is 13.5. The van der Waals surface area contributed by atoms with E-state index in [1.807, 2.05) is 36.1 Å². The highest BCUT2D eigenvalue weighted by Gasteiger charge is 2.36. The van der Waals surface area contributed by atoms with Crippen LogP contribution in [-0.4, -0.2) is 63.5 Å². The summed E-state index contributed by atoms with van der Waals surface area (Å²) >= 11 is 0. The van der Waals surface area contributed by atoms with Gasteiger partial charge < -0.3 is 4.90 Å². The number of piperazine rings is 1. The van der Waals surface area contributed by atoms with Gasteiger partial charge in [-0.1, -0.05) is 22.8 Å². The molecule has 0 saturated carbocycles. The molecule has 1 aromatic heterocycles. The third-order valence-electron chi connectivity index (χ3n) is 4.16. The van der Waals surface area contributed by atoms with Crippen LogP contribution in [0.15, 0.2) is 24.3 Å². The molecule has 0 bridgehead atoms. The summed E-state index contributed by atoms with van der Waals surface area (Å²) < 4.78 is 39.4. The average molecular weight is 340 g/mol. The number of nitrogens with zero attached hydrogens (tertiary/aromatic N) is 6. The quantitative estimate of drug-likeness (QED) is 0.856. The molecule has 9 heteroatoms. The second kappa shape index (κ2) is 6.39. The number of tetrazole rings is 1. The number of anilines is 1. The summed E-state index contributed by atoms with van der Waals surface area (Å²) in [5.41, 5.74) is 1.95. The van der Waals surface area contributed by atoms with Gasteiger partial charge in [0.25, 0.3) is 0 Å². The van der Waals surface area contributed by atoms with E-state index < -0.39 is 12.7 Å². The molecule has 1 aliphatic heterocycles.